The maximum absolute atomic E-state index is 14.5. The predicted molar refractivity (Wildman–Crippen MR) is 109 cm³/mol. The van der Waals surface area contributed by atoms with Crippen LogP contribution >= 0.6 is 11.6 Å². The molecule has 140 valence electrons. The SMILES string of the molecule is CCCN1CCN(c2nc(-c3ccccc3F)c3cc(Cl)ccc3n2)CC1. The molecule has 2 heterocycles. The topological polar surface area (TPSA) is 32.3 Å². The Hall–Kier alpha value is -2.24. The summed E-state index contributed by atoms with van der Waals surface area (Å²) in [7, 11) is 0. The standard InChI is InChI=1S/C21H22ClFN4/c1-2-9-26-10-12-27(13-11-26)21-24-19-8-7-15(22)14-17(19)20(25-21)16-5-3-4-6-18(16)23/h3-8,14H,2,9-13H2,1H3. The molecule has 0 radical (unpaired) electrons. The minimum Gasteiger partial charge on any atom is -0.338 e. The van der Waals surface area contributed by atoms with E-state index in [1.165, 1.54) is 6.07 Å². The lowest BCUT2D eigenvalue weighted by atomic mass is 10.1. The van der Waals surface area contributed by atoms with Crippen LogP contribution < -0.4 is 4.90 Å². The summed E-state index contributed by atoms with van der Waals surface area (Å²) >= 11 is 6.19. The van der Waals surface area contributed by atoms with Crippen LogP contribution in [0.15, 0.2) is 42.5 Å². The van der Waals surface area contributed by atoms with Gasteiger partial charge in [0, 0.05) is 42.2 Å². The number of anilines is 1. The van der Waals surface area contributed by atoms with Crippen LogP contribution in [0.2, 0.25) is 5.02 Å². The van der Waals surface area contributed by atoms with Crippen molar-refractivity contribution in [3.63, 3.8) is 0 Å². The zero-order valence-corrected chi connectivity index (χ0v) is 16.1. The number of aromatic nitrogens is 2. The zero-order chi connectivity index (χ0) is 18.8. The van der Waals surface area contributed by atoms with Gasteiger partial charge in [0.05, 0.1) is 11.2 Å². The van der Waals surface area contributed by atoms with Gasteiger partial charge in [-0.15, -0.1) is 0 Å². The summed E-state index contributed by atoms with van der Waals surface area (Å²) in [5.41, 5.74) is 1.84. The molecule has 2 aromatic carbocycles. The Morgan fingerprint density at radius 2 is 1.81 bits per heavy atom. The molecular weight excluding hydrogens is 363 g/mol. The average Bonchev–Trinajstić information content (AvgIpc) is 2.69. The molecular formula is C21H22ClFN4. The van der Waals surface area contributed by atoms with Crippen LogP contribution in [0, 0.1) is 5.82 Å². The van der Waals surface area contributed by atoms with E-state index in [1.54, 1.807) is 12.1 Å². The highest BCUT2D eigenvalue weighted by Crippen LogP contribution is 2.31. The molecule has 1 aliphatic heterocycles. The van der Waals surface area contributed by atoms with Crippen molar-refractivity contribution in [1.29, 1.82) is 0 Å². The van der Waals surface area contributed by atoms with Crippen LogP contribution in [0.5, 0.6) is 0 Å². The summed E-state index contributed by atoms with van der Waals surface area (Å²) in [5.74, 6) is 0.357. The maximum atomic E-state index is 14.5. The monoisotopic (exact) mass is 384 g/mol. The summed E-state index contributed by atoms with van der Waals surface area (Å²) in [6.45, 7) is 7.04. The van der Waals surface area contributed by atoms with Gasteiger partial charge in [0.15, 0.2) is 0 Å². The fourth-order valence-electron chi connectivity index (χ4n) is 3.58. The van der Waals surface area contributed by atoms with Crippen LogP contribution in [0.4, 0.5) is 10.3 Å². The Bertz CT molecular complexity index is 954. The molecule has 27 heavy (non-hydrogen) atoms. The lowest BCUT2D eigenvalue weighted by Crippen LogP contribution is -2.47. The van der Waals surface area contributed by atoms with Crippen LogP contribution in [0.3, 0.4) is 0 Å². The highest BCUT2D eigenvalue weighted by Gasteiger charge is 2.21. The van der Waals surface area contributed by atoms with E-state index in [1.807, 2.05) is 24.3 Å². The van der Waals surface area contributed by atoms with Gasteiger partial charge in [-0.2, -0.15) is 0 Å². The summed E-state index contributed by atoms with van der Waals surface area (Å²) in [6.07, 6.45) is 1.16. The Morgan fingerprint density at radius 1 is 1.04 bits per heavy atom. The Kier molecular flexibility index (Phi) is 5.23. The maximum Gasteiger partial charge on any atom is 0.226 e. The first kappa shape index (κ1) is 18.1. The summed E-state index contributed by atoms with van der Waals surface area (Å²) in [6, 6.07) is 12.2. The number of rotatable bonds is 4. The number of nitrogens with zero attached hydrogens (tertiary/aromatic N) is 4. The van der Waals surface area contributed by atoms with Crippen molar-refractivity contribution in [1.82, 2.24) is 14.9 Å². The van der Waals surface area contributed by atoms with Crippen molar-refractivity contribution in [3.8, 4) is 11.3 Å². The number of halogens is 2. The molecule has 1 aromatic heterocycles. The van der Waals surface area contributed by atoms with Gasteiger partial charge >= 0.3 is 0 Å². The van der Waals surface area contributed by atoms with E-state index in [2.05, 4.69) is 16.7 Å². The van der Waals surface area contributed by atoms with Gasteiger partial charge in [0.1, 0.15) is 5.82 Å². The fraction of sp³-hybridized carbons (Fsp3) is 0.333. The number of hydrogen-bond donors (Lipinski definition) is 0. The average molecular weight is 385 g/mol. The van der Waals surface area contributed by atoms with Crippen LogP contribution in [0.1, 0.15) is 13.3 Å². The van der Waals surface area contributed by atoms with Crippen LogP contribution in [-0.4, -0.2) is 47.6 Å². The third kappa shape index (κ3) is 3.75. The minimum atomic E-state index is -0.295. The minimum absolute atomic E-state index is 0.295. The molecule has 0 aliphatic carbocycles. The van der Waals surface area contributed by atoms with Gasteiger partial charge in [-0.1, -0.05) is 30.7 Å². The van der Waals surface area contributed by atoms with Gasteiger partial charge in [0.2, 0.25) is 5.95 Å². The van der Waals surface area contributed by atoms with E-state index >= 15 is 0 Å². The highest BCUT2D eigenvalue weighted by atomic mass is 35.5. The third-order valence-electron chi connectivity index (χ3n) is 4.97. The summed E-state index contributed by atoms with van der Waals surface area (Å²) in [4.78, 5) is 14.1. The van der Waals surface area contributed by atoms with Crippen molar-refractivity contribution >= 4 is 28.5 Å². The molecule has 0 unspecified atom stereocenters. The molecule has 6 heteroatoms. The van der Waals surface area contributed by atoms with E-state index in [0.29, 0.717) is 22.2 Å². The molecule has 0 atom stereocenters. The zero-order valence-electron chi connectivity index (χ0n) is 15.3. The van der Waals surface area contributed by atoms with Crippen molar-refractivity contribution in [2.45, 2.75) is 13.3 Å². The molecule has 4 nitrogen and oxygen atoms in total. The van der Waals surface area contributed by atoms with Crippen molar-refractivity contribution in [3.05, 3.63) is 53.3 Å². The largest absolute Gasteiger partial charge is 0.338 e. The molecule has 1 saturated heterocycles. The van der Waals surface area contributed by atoms with E-state index in [9.17, 15) is 4.39 Å². The molecule has 1 fully saturated rings. The van der Waals surface area contributed by atoms with Gasteiger partial charge in [-0.05, 0) is 43.3 Å². The van der Waals surface area contributed by atoms with Crippen molar-refractivity contribution in [2.75, 3.05) is 37.6 Å². The third-order valence-corrected chi connectivity index (χ3v) is 5.21. The van der Waals surface area contributed by atoms with Gasteiger partial charge in [-0.3, -0.25) is 4.90 Å². The number of benzene rings is 2. The molecule has 4 rings (SSSR count). The quantitative estimate of drug-likeness (QED) is 0.657. The second-order valence-electron chi connectivity index (χ2n) is 6.84. The van der Waals surface area contributed by atoms with Crippen molar-refractivity contribution in [2.24, 2.45) is 0 Å². The van der Waals surface area contributed by atoms with E-state index < -0.39 is 0 Å². The van der Waals surface area contributed by atoms with Crippen molar-refractivity contribution < 1.29 is 4.39 Å². The predicted octanol–water partition coefficient (Wildman–Crippen LogP) is 4.62. The Morgan fingerprint density at radius 3 is 2.56 bits per heavy atom. The first-order valence-electron chi connectivity index (χ1n) is 9.35. The summed E-state index contributed by atoms with van der Waals surface area (Å²) < 4.78 is 14.5. The number of hydrogen-bond acceptors (Lipinski definition) is 4. The Labute approximate surface area is 163 Å². The second kappa shape index (κ2) is 7.79. The fourth-order valence-corrected chi connectivity index (χ4v) is 3.75. The first-order chi connectivity index (χ1) is 13.2. The van der Waals surface area contributed by atoms with E-state index in [0.717, 1.165) is 50.0 Å². The smallest absolute Gasteiger partial charge is 0.226 e. The summed E-state index contributed by atoms with van der Waals surface area (Å²) in [5, 5.41) is 1.35. The molecule has 0 N–H and O–H groups in total. The Balaban J connectivity index is 1.77. The lowest BCUT2D eigenvalue weighted by molar-refractivity contribution is 0.257. The first-order valence-corrected chi connectivity index (χ1v) is 9.73. The van der Waals surface area contributed by atoms with Gasteiger partial charge in [0.25, 0.3) is 0 Å². The van der Waals surface area contributed by atoms with E-state index in [-0.39, 0.29) is 5.82 Å². The second-order valence-corrected chi connectivity index (χ2v) is 7.28. The lowest BCUT2D eigenvalue weighted by Gasteiger charge is -2.34. The van der Waals surface area contributed by atoms with Gasteiger partial charge < -0.3 is 4.90 Å². The normalized spacial score (nSPS) is 15.4. The highest BCUT2D eigenvalue weighted by molar-refractivity contribution is 6.31. The molecule has 0 amide bonds. The number of fused-ring (bicyclic) bond motifs is 1. The van der Waals surface area contributed by atoms with Crippen LogP contribution in [-0.2, 0) is 0 Å². The molecule has 0 bridgehead atoms. The molecule has 3 aromatic rings. The molecule has 0 saturated carbocycles. The number of piperazine rings is 1. The van der Waals surface area contributed by atoms with Crippen LogP contribution in [0.25, 0.3) is 22.2 Å². The molecule has 1 aliphatic rings. The molecule has 0 spiro atoms. The van der Waals surface area contributed by atoms with E-state index in [4.69, 9.17) is 21.6 Å². The van der Waals surface area contributed by atoms with Gasteiger partial charge in [-0.25, -0.2) is 14.4 Å².